The standard InChI is InChI=1S/C22H22N2O5S2/c1-3-29-21(26)20-19(16-7-5-4-6-8-16)24-22(30-20)23-18(25)13-14-31(27,28)17-11-9-15(2)10-12-17/h4-12H,3,13-14H2,1-2H3,(H,23,24,25). The van der Waals surface area contributed by atoms with E-state index in [1.165, 1.54) is 12.1 Å². The van der Waals surface area contributed by atoms with Gasteiger partial charge in [0.1, 0.15) is 4.88 Å². The average molecular weight is 459 g/mol. The number of esters is 1. The Morgan fingerprint density at radius 1 is 1.06 bits per heavy atom. The van der Waals surface area contributed by atoms with Crippen LogP contribution in [-0.4, -0.2) is 37.6 Å². The lowest BCUT2D eigenvalue weighted by atomic mass is 10.1. The third-order valence-corrected chi connectivity index (χ3v) is 7.04. The van der Waals surface area contributed by atoms with Crippen LogP contribution in [0.15, 0.2) is 59.5 Å². The number of aromatic nitrogens is 1. The summed E-state index contributed by atoms with van der Waals surface area (Å²) in [5.74, 6) is -1.36. The molecule has 1 N–H and O–H groups in total. The molecule has 2 aromatic carbocycles. The first kappa shape index (κ1) is 22.6. The number of aryl methyl sites for hydroxylation is 1. The van der Waals surface area contributed by atoms with E-state index in [9.17, 15) is 18.0 Å². The summed E-state index contributed by atoms with van der Waals surface area (Å²) in [7, 11) is -3.58. The third kappa shape index (κ3) is 5.77. The lowest BCUT2D eigenvalue weighted by Gasteiger charge is -2.05. The van der Waals surface area contributed by atoms with E-state index in [1.807, 2.05) is 25.1 Å². The van der Waals surface area contributed by atoms with E-state index in [4.69, 9.17) is 4.74 Å². The van der Waals surface area contributed by atoms with Crippen LogP contribution in [0.1, 0.15) is 28.6 Å². The van der Waals surface area contributed by atoms with Crippen LogP contribution in [0.3, 0.4) is 0 Å². The average Bonchev–Trinajstić information content (AvgIpc) is 3.17. The maximum absolute atomic E-state index is 12.5. The largest absolute Gasteiger partial charge is 0.462 e. The van der Waals surface area contributed by atoms with E-state index < -0.39 is 21.7 Å². The van der Waals surface area contributed by atoms with Gasteiger partial charge in [-0.25, -0.2) is 18.2 Å². The highest BCUT2D eigenvalue weighted by atomic mass is 32.2. The topological polar surface area (TPSA) is 102 Å². The quantitative estimate of drug-likeness (QED) is 0.510. The summed E-state index contributed by atoms with van der Waals surface area (Å²) >= 11 is 0.995. The Kier molecular flexibility index (Phi) is 7.19. The highest BCUT2D eigenvalue weighted by molar-refractivity contribution is 7.91. The molecular weight excluding hydrogens is 436 g/mol. The number of benzene rings is 2. The molecule has 0 fully saturated rings. The van der Waals surface area contributed by atoms with Crippen molar-refractivity contribution in [3.05, 3.63) is 65.0 Å². The highest BCUT2D eigenvalue weighted by Gasteiger charge is 2.22. The van der Waals surface area contributed by atoms with Gasteiger partial charge in [0.15, 0.2) is 15.0 Å². The van der Waals surface area contributed by atoms with Crippen molar-refractivity contribution in [3.63, 3.8) is 0 Å². The van der Waals surface area contributed by atoms with Gasteiger partial charge < -0.3 is 10.1 Å². The van der Waals surface area contributed by atoms with Gasteiger partial charge in [0.25, 0.3) is 0 Å². The fourth-order valence-electron chi connectivity index (χ4n) is 2.77. The second kappa shape index (κ2) is 9.84. The zero-order valence-electron chi connectivity index (χ0n) is 17.1. The number of ether oxygens (including phenoxy) is 1. The molecule has 9 heteroatoms. The monoisotopic (exact) mass is 458 g/mol. The molecule has 1 heterocycles. The molecule has 0 atom stereocenters. The molecule has 0 spiro atoms. The van der Waals surface area contributed by atoms with E-state index >= 15 is 0 Å². The number of hydrogen-bond donors (Lipinski definition) is 1. The van der Waals surface area contributed by atoms with Gasteiger partial charge in [0.05, 0.1) is 22.9 Å². The molecule has 0 saturated carbocycles. The predicted octanol–water partition coefficient (Wildman–Crippen LogP) is 4.10. The highest BCUT2D eigenvalue weighted by Crippen LogP contribution is 2.32. The number of rotatable bonds is 8. The van der Waals surface area contributed by atoms with Crippen LogP contribution in [0.25, 0.3) is 11.3 Å². The zero-order chi connectivity index (χ0) is 22.4. The number of thiazole rings is 1. The minimum Gasteiger partial charge on any atom is -0.462 e. The Labute approximate surface area is 185 Å². The number of nitrogens with zero attached hydrogens (tertiary/aromatic N) is 1. The lowest BCUT2D eigenvalue weighted by Crippen LogP contribution is -2.17. The number of carbonyl (C=O) groups excluding carboxylic acids is 2. The van der Waals surface area contributed by atoms with Gasteiger partial charge in [-0.15, -0.1) is 0 Å². The van der Waals surface area contributed by atoms with Crippen molar-refractivity contribution >= 4 is 38.2 Å². The van der Waals surface area contributed by atoms with Crippen molar-refractivity contribution < 1.29 is 22.7 Å². The van der Waals surface area contributed by atoms with Crippen LogP contribution < -0.4 is 5.32 Å². The lowest BCUT2D eigenvalue weighted by molar-refractivity contribution is -0.115. The van der Waals surface area contributed by atoms with Gasteiger partial charge in [0.2, 0.25) is 5.91 Å². The molecule has 31 heavy (non-hydrogen) atoms. The van der Waals surface area contributed by atoms with Crippen molar-refractivity contribution in [2.75, 3.05) is 17.7 Å². The first-order valence-corrected chi connectivity index (χ1v) is 12.1. The van der Waals surface area contributed by atoms with Crippen LogP contribution in [-0.2, 0) is 19.4 Å². The number of anilines is 1. The molecule has 0 aliphatic rings. The van der Waals surface area contributed by atoms with E-state index in [0.717, 1.165) is 16.9 Å². The van der Waals surface area contributed by atoms with Crippen LogP contribution in [0.2, 0.25) is 0 Å². The number of carbonyl (C=O) groups is 2. The van der Waals surface area contributed by atoms with Crippen molar-refractivity contribution in [2.24, 2.45) is 0 Å². The first-order chi connectivity index (χ1) is 14.8. The van der Waals surface area contributed by atoms with Crippen molar-refractivity contribution in [1.29, 1.82) is 0 Å². The Morgan fingerprint density at radius 2 is 1.74 bits per heavy atom. The van der Waals surface area contributed by atoms with Gasteiger partial charge in [-0.05, 0) is 26.0 Å². The molecule has 3 rings (SSSR count). The second-order valence-electron chi connectivity index (χ2n) is 6.71. The van der Waals surface area contributed by atoms with Crippen LogP contribution in [0, 0.1) is 6.92 Å². The minimum atomic E-state index is -3.58. The molecule has 0 aliphatic carbocycles. The number of nitrogens with one attached hydrogen (secondary N) is 1. The smallest absolute Gasteiger partial charge is 0.350 e. The summed E-state index contributed by atoms with van der Waals surface area (Å²) in [6.45, 7) is 3.79. The van der Waals surface area contributed by atoms with Crippen LogP contribution in [0.5, 0.6) is 0 Å². The fraction of sp³-hybridized carbons (Fsp3) is 0.227. The summed E-state index contributed by atoms with van der Waals surface area (Å²) in [6, 6.07) is 15.6. The first-order valence-electron chi connectivity index (χ1n) is 9.63. The van der Waals surface area contributed by atoms with Gasteiger partial charge in [-0.2, -0.15) is 0 Å². The number of sulfone groups is 1. The Balaban J connectivity index is 1.73. The summed E-state index contributed by atoms with van der Waals surface area (Å²) in [6.07, 6.45) is -0.231. The van der Waals surface area contributed by atoms with Crippen molar-refractivity contribution in [2.45, 2.75) is 25.2 Å². The summed E-state index contributed by atoms with van der Waals surface area (Å²) in [5.41, 5.74) is 2.07. The van der Waals surface area contributed by atoms with Gasteiger partial charge >= 0.3 is 5.97 Å². The normalized spacial score (nSPS) is 11.2. The minimum absolute atomic E-state index is 0.177. The fourth-order valence-corrected chi connectivity index (χ4v) is 4.91. The Hall–Kier alpha value is -3.04. The van der Waals surface area contributed by atoms with Gasteiger partial charge in [-0.1, -0.05) is 59.4 Å². The van der Waals surface area contributed by atoms with Crippen molar-refractivity contribution in [3.8, 4) is 11.3 Å². The number of amides is 1. The van der Waals surface area contributed by atoms with E-state index in [1.54, 1.807) is 31.2 Å². The van der Waals surface area contributed by atoms with E-state index in [-0.39, 0.29) is 33.7 Å². The molecule has 0 bridgehead atoms. The molecule has 1 amide bonds. The Morgan fingerprint density at radius 3 is 2.39 bits per heavy atom. The summed E-state index contributed by atoms with van der Waals surface area (Å²) in [4.78, 5) is 29.5. The van der Waals surface area contributed by atoms with Gasteiger partial charge in [0, 0.05) is 12.0 Å². The molecule has 0 unspecified atom stereocenters. The van der Waals surface area contributed by atoms with E-state index in [0.29, 0.717) is 11.3 Å². The predicted molar refractivity (Wildman–Crippen MR) is 120 cm³/mol. The van der Waals surface area contributed by atoms with Crippen molar-refractivity contribution in [1.82, 2.24) is 4.98 Å². The maximum atomic E-state index is 12.5. The zero-order valence-corrected chi connectivity index (χ0v) is 18.8. The maximum Gasteiger partial charge on any atom is 0.350 e. The van der Waals surface area contributed by atoms with Crippen LogP contribution in [0.4, 0.5) is 5.13 Å². The Bertz CT molecular complexity index is 1170. The second-order valence-corrected chi connectivity index (χ2v) is 9.82. The molecule has 162 valence electrons. The molecule has 0 aliphatic heterocycles. The molecule has 1 aromatic heterocycles. The van der Waals surface area contributed by atoms with E-state index in [2.05, 4.69) is 10.3 Å². The molecular formula is C22H22N2O5S2. The van der Waals surface area contributed by atoms with Crippen LogP contribution >= 0.6 is 11.3 Å². The molecule has 7 nitrogen and oxygen atoms in total. The number of hydrogen-bond acceptors (Lipinski definition) is 7. The molecule has 3 aromatic rings. The SMILES string of the molecule is CCOC(=O)c1sc(NC(=O)CCS(=O)(=O)c2ccc(C)cc2)nc1-c1ccccc1. The molecule has 0 radical (unpaired) electrons. The van der Waals surface area contributed by atoms with Gasteiger partial charge in [-0.3, -0.25) is 4.79 Å². The summed E-state index contributed by atoms with van der Waals surface area (Å²) < 4.78 is 30.0. The third-order valence-electron chi connectivity index (χ3n) is 4.36. The molecule has 0 saturated heterocycles. The summed E-state index contributed by atoms with van der Waals surface area (Å²) in [5, 5.41) is 2.81.